The smallest absolute Gasteiger partial charge is 0.229 e. The second-order valence-corrected chi connectivity index (χ2v) is 6.83. The van der Waals surface area contributed by atoms with Crippen LogP contribution < -0.4 is 9.62 Å². The summed E-state index contributed by atoms with van der Waals surface area (Å²) in [5.41, 5.74) is 1.67. The summed E-state index contributed by atoms with van der Waals surface area (Å²) in [6.07, 6.45) is 1.56. The Kier molecular flexibility index (Phi) is 4.01. The van der Waals surface area contributed by atoms with E-state index in [1.807, 2.05) is 12.1 Å². The van der Waals surface area contributed by atoms with E-state index in [0.29, 0.717) is 5.69 Å². The van der Waals surface area contributed by atoms with Crippen molar-refractivity contribution in [2.24, 2.45) is 0 Å². The minimum atomic E-state index is -3.22. The number of anilines is 2. The van der Waals surface area contributed by atoms with Gasteiger partial charge in [-0.05, 0) is 38.1 Å². The standard InChI is InChI=1S/C13H20N2O3S/c1-10-8-15(9-11(2)18-10)13-6-4-12(5-7-13)14-19(3,16)17/h4-7,10-11,14H,8-9H2,1-3H3. The van der Waals surface area contributed by atoms with Crippen LogP contribution in [0.2, 0.25) is 0 Å². The van der Waals surface area contributed by atoms with Gasteiger partial charge in [0.05, 0.1) is 18.5 Å². The number of ether oxygens (including phenoxy) is 1. The van der Waals surface area contributed by atoms with Crippen LogP contribution in [0.3, 0.4) is 0 Å². The molecule has 1 fully saturated rings. The molecule has 0 saturated carbocycles. The average Bonchev–Trinajstić information content (AvgIpc) is 2.26. The van der Waals surface area contributed by atoms with Gasteiger partial charge in [-0.1, -0.05) is 0 Å². The van der Waals surface area contributed by atoms with Crippen molar-refractivity contribution in [2.45, 2.75) is 26.1 Å². The van der Waals surface area contributed by atoms with Crippen LogP contribution in [0.25, 0.3) is 0 Å². The molecule has 0 amide bonds. The van der Waals surface area contributed by atoms with Gasteiger partial charge in [-0.3, -0.25) is 4.72 Å². The number of nitrogens with zero attached hydrogens (tertiary/aromatic N) is 1. The van der Waals surface area contributed by atoms with Crippen LogP contribution in [0.15, 0.2) is 24.3 Å². The van der Waals surface area contributed by atoms with E-state index in [4.69, 9.17) is 4.74 Å². The highest BCUT2D eigenvalue weighted by Gasteiger charge is 2.22. The lowest BCUT2D eigenvalue weighted by molar-refractivity contribution is -0.00521. The quantitative estimate of drug-likeness (QED) is 0.917. The van der Waals surface area contributed by atoms with Crippen LogP contribution in [-0.2, 0) is 14.8 Å². The third-order valence-corrected chi connectivity index (χ3v) is 3.56. The Balaban J connectivity index is 2.09. The highest BCUT2D eigenvalue weighted by Crippen LogP contribution is 2.22. The Morgan fingerprint density at radius 2 is 1.68 bits per heavy atom. The first-order valence-corrected chi connectivity index (χ1v) is 8.21. The lowest BCUT2D eigenvalue weighted by atomic mass is 10.2. The van der Waals surface area contributed by atoms with Crippen molar-refractivity contribution in [3.05, 3.63) is 24.3 Å². The van der Waals surface area contributed by atoms with Crippen LogP contribution in [0.4, 0.5) is 11.4 Å². The molecule has 1 heterocycles. The maximum Gasteiger partial charge on any atom is 0.229 e. The van der Waals surface area contributed by atoms with Crippen molar-refractivity contribution < 1.29 is 13.2 Å². The van der Waals surface area contributed by atoms with Gasteiger partial charge in [0.15, 0.2) is 0 Å². The number of benzene rings is 1. The van der Waals surface area contributed by atoms with E-state index >= 15 is 0 Å². The molecule has 19 heavy (non-hydrogen) atoms. The molecule has 0 bridgehead atoms. The molecule has 1 aliphatic heterocycles. The lowest BCUT2D eigenvalue weighted by Gasteiger charge is -2.36. The van der Waals surface area contributed by atoms with Crippen LogP contribution in [0.1, 0.15) is 13.8 Å². The number of nitrogens with one attached hydrogen (secondary N) is 1. The number of sulfonamides is 1. The first-order chi connectivity index (χ1) is 8.83. The van der Waals surface area contributed by atoms with E-state index in [-0.39, 0.29) is 12.2 Å². The minimum Gasteiger partial charge on any atom is -0.372 e. The molecule has 6 heteroatoms. The Bertz CT molecular complexity index is 517. The van der Waals surface area contributed by atoms with Crippen molar-refractivity contribution in [1.29, 1.82) is 0 Å². The highest BCUT2D eigenvalue weighted by atomic mass is 32.2. The summed E-state index contributed by atoms with van der Waals surface area (Å²) in [6.45, 7) is 5.82. The zero-order valence-electron chi connectivity index (χ0n) is 11.5. The van der Waals surface area contributed by atoms with Crippen molar-refractivity contribution in [1.82, 2.24) is 0 Å². The number of morpholine rings is 1. The molecule has 0 spiro atoms. The first-order valence-electron chi connectivity index (χ1n) is 6.32. The number of hydrogen-bond acceptors (Lipinski definition) is 4. The zero-order chi connectivity index (χ0) is 14.0. The number of rotatable bonds is 3. The van der Waals surface area contributed by atoms with E-state index in [9.17, 15) is 8.42 Å². The van der Waals surface area contributed by atoms with Crippen LogP contribution >= 0.6 is 0 Å². The Morgan fingerprint density at radius 1 is 1.16 bits per heavy atom. The maximum absolute atomic E-state index is 11.1. The Labute approximate surface area is 114 Å². The van der Waals surface area contributed by atoms with Crippen molar-refractivity contribution in [2.75, 3.05) is 29.0 Å². The fraction of sp³-hybridized carbons (Fsp3) is 0.538. The van der Waals surface area contributed by atoms with Gasteiger partial charge < -0.3 is 9.64 Å². The predicted octanol–water partition coefficient (Wildman–Crippen LogP) is 1.67. The summed E-state index contributed by atoms with van der Waals surface area (Å²) in [5.74, 6) is 0. The second-order valence-electron chi connectivity index (χ2n) is 5.08. The van der Waals surface area contributed by atoms with Crippen LogP contribution in [0, 0.1) is 0 Å². The van der Waals surface area contributed by atoms with Gasteiger partial charge in [-0.25, -0.2) is 8.42 Å². The molecule has 2 rings (SSSR count). The SMILES string of the molecule is CC1CN(c2ccc(NS(C)(=O)=O)cc2)CC(C)O1. The molecule has 1 aliphatic rings. The average molecular weight is 284 g/mol. The van der Waals surface area contributed by atoms with E-state index < -0.39 is 10.0 Å². The summed E-state index contributed by atoms with van der Waals surface area (Å²) in [4.78, 5) is 2.25. The largest absolute Gasteiger partial charge is 0.372 e. The summed E-state index contributed by atoms with van der Waals surface area (Å²) in [6, 6.07) is 7.42. The molecule has 106 valence electrons. The van der Waals surface area contributed by atoms with Gasteiger partial charge in [0.1, 0.15) is 0 Å². The second kappa shape index (κ2) is 5.38. The molecule has 0 radical (unpaired) electrons. The van der Waals surface area contributed by atoms with E-state index in [1.54, 1.807) is 12.1 Å². The fourth-order valence-electron chi connectivity index (χ4n) is 2.34. The summed E-state index contributed by atoms with van der Waals surface area (Å²) < 4.78 is 30.4. The van der Waals surface area contributed by atoms with Gasteiger partial charge >= 0.3 is 0 Å². The molecule has 2 unspecified atom stereocenters. The minimum absolute atomic E-state index is 0.206. The van der Waals surface area contributed by atoms with Crippen molar-refractivity contribution in [3.8, 4) is 0 Å². The maximum atomic E-state index is 11.1. The molecule has 1 aromatic rings. The molecule has 2 atom stereocenters. The summed E-state index contributed by atoms with van der Waals surface area (Å²) in [5, 5.41) is 0. The van der Waals surface area contributed by atoms with Gasteiger partial charge in [0, 0.05) is 24.5 Å². The Morgan fingerprint density at radius 3 is 2.16 bits per heavy atom. The Hall–Kier alpha value is -1.27. The predicted molar refractivity (Wildman–Crippen MR) is 77.1 cm³/mol. The first kappa shape index (κ1) is 14.1. The highest BCUT2D eigenvalue weighted by molar-refractivity contribution is 7.92. The van der Waals surface area contributed by atoms with E-state index in [2.05, 4.69) is 23.5 Å². The van der Waals surface area contributed by atoms with Crippen LogP contribution in [0.5, 0.6) is 0 Å². The van der Waals surface area contributed by atoms with Gasteiger partial charge in [0.25, 0.3) is 0 Å². The zero-order valence-corrected chi connectivity index (χ0v) is 12.3. The normalized spacial score (nSPS) is 24.3. The third kappa shape index (κ3) is 4.11. The molecule has 1 saturated heterocycles. The van der Waals surface area contributed by atoms with Crippen LogP contribution in [-0.4, -0.2) is 40.0 Å². The molecule has 0 aliphatic carbocycles. The molecule has 1 N–H and O–H groups in total. The summed E-state index contributed by atoms with van der Waals surface area (Å²) >= 11 is 0. The van der Waals surface area contributed by atoms with Crippen molar-refractivity contribution in [3.63, 3.8) is 0 Å². The molecular formula is C13H20N2O3S. The van der Waals surface area contributed by atoms with E-state index in [1.165, 1.54) is 0 Å². The van der Waals surface area contributed by atoms with Gasteiger partial charge in [-0.2, -0.15) is 0 Å². The fourth-order valence-corrected chi connectivity index (χ4v) is 2.91. The molecule has 1 aromatic carbocycles. The third-order valence-electron chi connectivity index (χ3n) is 2.96. The molecule has 0 aromatic heterocycles. The molecule has 5 nitrogen and oxygen atoms in total. The summed E-state index contributed by atoms with van der Waals surface area (Å²) in [7, 11) is -3.22. The van der Waals surface area contributed by atoms with Gasteiger partial charge in [-0.15, -0.1) is 0 Å². The topological polar surface area (TPSA) is 58.6 Å². The van der Waals surface area contributed by atoms with Crippen molar-refractivity contribution >= 4 is 21.4 Å². The number of hydrogen-bond donors (Lipinski definition) is 1. The van der Waals surface area contributed by atoms with Gasteiger partial charge in [0.2, 0.25) is 10.0 Å². The monoisotopic (exact) mass is 284 g/mol. The van der Waals surface area contributed by atoms with E-state index in [0.717, 1.165) is 25.0 Å². The lowest BCUT2D eigenvalue weighted by Crippen LogP contribution is -2.45. The molecular weight excluding hydrogens is 264 g/mol.